The van der Waals surface area contributed by atoms with Gasteiger partial charge in [-0.25, -0.2) is 4.79 Å². The van der Waals surface area contributed by atoms with Crippen molar-refractivity contribution in [2.45, 2.75) is 32.5 Å². The smallest absolute Gasteiger partial charge is 0.342 e. The Morgan fingerprint density at radius 1 is 1.11 bits per heavy atom. The predicted octanol–water partition coefficient (Wildman–Crippen LogP) is 3.99. The Balaban J connectivity index is 1.44. The minimum absolute atomic E-state index is 0.0203. The lowest BCUT2D eigenvalue weighted by molar-refractivity contribution is 0.0433. The van der Waals surface area contributed by atoms with Gasteiger partial charge < -0.3 is 18.6 Å². The van der Waals surface area contributed by atoms with Crippen LogP contribution in [0, 0.1) is 0 Å². The molecule has 7 nitrogen and oxygen atoms in total. The third-order valence-corrected chi connectivity index (χ3v) is 4.89. The fourth-order valence-corrected chi connectivity index (χ4v) is 3.11. The first kappa shape index (κ1) is 18.0. The van der Waals surface area contributed by atoms with Gasteiger partial charge in [0.25, 0.3) is 5.89 Å². The largest absolute Gasteiger partial charge is 0.497 e. The molecule has 4 rings (SSSR count). The average Bonchev–Trinajstić information content (AvgIpc) is 3.31. The van der Waals surface area contributed by atoms with E-state index in [0.717, 1.165) is 16.9 Å². The van der Waals surface area contributed by atoms with Crippen LogP contribution in [0.2, 0.25) is 0 Å². The lowest BCUT2D eigenvalue weighted by Crippen LogP contribution is -2.11. The van der Waals surface area contributed by atoms with Gasteiger partial charge in [-0.15, -0.1) is 10.2 Å². The second-order valence-electron chi connectivity index (χ2n) is 6.64. The molecule has 2 heterocycles. The molecule has 7 heteroatoms. The molecule has 1 aliphatic heterocycles. The second kappa shape index (κ2) is 7.34. The van der Waals surface area contributed by atoms with Crippen molar-refractivity contribution in [1.29, 1.82) is 0 Å². The van der Waals surface area contributed by atoms with Gasteiger partial charge in [-0.05, 0) is 37.3 Å². The zero-order chi connectivity index (χ0) is 19.7. The monoisotopic (exact) mass is 380 g/mol. The van der Waals surface area contributed by atoms with E-state index in [4.69, 9.17) is 18.6 Å². The quantitative estimate of drug-likeness (QED) is 0.619. The molecular formula is C21H20N2O5. The molecule has 1 aromatic heterocycles. The van der Waals surface area contributed by atoms with E-state index in [1.54, 1.807) is 25.3 Å². The van der Waals surface area contributed by atoms with E-state index in [1.807, 2.05) is 31.2 Å². The van der Waals surface area contributed by atoms with E-state index in [2.05, 4.69) is 17.1 Å². The molecule has 2 atom stereocenters. The molecule has 0 amide bonds. The number of hydrogen-bond donors (Lipinski definition) is 0. The number of carbonyl (C=O) groups is 1. The first-order valence-electron chi connectivity index (χ1n) is 9.00. The summed E-state index contributed by atoms with van der Waals surface area (Å²) in [5.41, 5.74) is 2.17. The molecule has 0 unspecified atom stereocenters. The van der Waals surface area contributed by atoms with Crippen LogP contribution in [0.5, 0.6) is 11.5 Å². The zero-order valence-electron chi connectivity index (χ0n) is 15.8. The van der Waals surface area contributed by atoms with Gasteiger partial charge in [0.1, 0.15) is 23.2 Å². The molecule has 0 aliphatic carbocycles. The Labute approximate surface area is 162 Å². The summed E-state index contributed by atoms with van der Waals surface area (Å²) in [5.74, 6) is 1.64. The minimum Gasteiger partial charge on any atom is -0.497 e. The van der Waals surface area contributed by atoms with E-state index in [9.17, 15) is 4.79 Å². The Morgan fingerprint density at radius 2 is 1.89 bits per heavy atom. The van der Waals surface area contributed by atoms with E-state index in [1.165, 1.54) is 0 Å². The normalized spacial score (nSPS) is 17.7. The van der Waals surface area contributed by atoms with Crippen molar-refractivity contribution in [2.24, 2.45) is 0 Å². The van der Waals surface area contributed by atoms with Gasteiger partial charge in [-0.2, -0.15) is 0 Å². The third kappa shape index (κ3) is 3.31. The van der Waals surface area contributed by atoms with Crippen LogP contribution in [0.25, 0.3) is 11.5 Å². The molecule has 144 valence electrons. The van der Waals surface area contributed by atoms with Crippen LogP contribution in [0.3, 0.4) is 0 Å². The maximum atomic E-state index is 12.5. The van der Waals surface area contributed by atoms with Gasteiger partial charge in [0, 0.05) is 17.0 Å². The molecule has 0 fully saturated rings. The maximum Gasteiger partial charge on any atom is 0.342 e. The summed E-state index contributed by atoms with van der Waals surface area (Å²) in [5, 5.41) is 7.94. The number of hydrogen-bond acceptors (Lipinski definition) is 7. The third-order valence-electron chi connectivity index (χ3n) is 4.89. The van der Waals surface area contributed by atoms with Crippen LogP contribution in [0.1, 0.15) is 41.6 Å². The first-order valence-corrected chi connectivity index (χ1v) is 9.00. The number of esters is 1. The molecule has 0 bridgehead atoms. The van der Waals surface area contributed by atoms with Crippen LogP contribution in [0.4, 0.5) is 0 Å². The lowest BCUT2D eigenvalue weighted by Gasteiger charge is -2.08. The average molecular weight is 380 g/mol. The fourth-order valence-electron chi connectivity index (χ4n) is 3.11. The summed E-state index contributed by atoms with van der Waals surface area (Å²) in [6, 6.07) is 12.7. The Morgan fingerprint density at radius 3 is 2.64 bits per heavy atom. The van der Waals surface area contributed by atoms with Crippen molar-refractivity contribution in [1.82, 2.24) is 10.2 Å². The summed E-state index contributed by atoms with van der Waals surface area (Å²) in [6.45, 7) is 3.94. The number of carbonyl (C=O) groups excluding carboxylic acids is 1. The van der Waals surface area contributed by atoms with Crippen molar-refractivity contribution in [3.05, 3.63) is 59.5 Å². The molecule has 1 aliphatic rings. The highest BCUT2D eigenvalue weighted by atomic mass is 16.5. The number of nitrogens with zero attached hydrogens (tertiary/aromatic N) is 2. The van der Waals surface area contributed by atoms with Crippen molar-refractivity contribution >= 4 is 5.97 Å². The number of aromatic nitrogens is 2. The summed E-state index contributed by atoms with van der Waals surface area (Å²) >= 11 is 0. The Hall–Kier alpha value is -3.35. The maximum absolute atomic E-state index is 12.5. The molecule has 0 radical (unpaired) electrons. The van der Waals surface area contributed by atoms with Crippen LogP contribution >= 0.6 is 0 Å². The van der Waals surface area contributed by atoms with E-state index < -0.39 is 5.97 Å². The number of rotatable bonds is 5. The topological polar surface area (TPSA) is 83.7 Å². The van der Waals surface area contributed by atoms with E-state index in [-0.39, 0.29) is 24.5 Å². The molecule has 0 saturated heterocycles. The molecule has 2 aromatic carbocycles. The van der Waals surface area contributed by atoms with Gasteiger partial charge in [-0.1, -0.05) is 19.1 Å². The summed E-state index contributed by atoms with van der Waals surface area (Å²) in [4.78, 5) is 12.5. The standard InChI is InChI=1S/C21H20N2O5/c1-12-13(2)27-19-16(12)5-4-6-17(19)21(24)26-11-18-22-23-20(28-18)14-7-9-15(25-3)10-8-14/h4-10,12-13H,11H2,1-3H3/t12-,13+/m0/s1. The van der Waals surface area contributed by atoms with Gasteiger partial charge in [-0.3, -0.25) is 0 Å². The van der Waals surface area contributed by atoms with Crippen molar-refractivity contribution < 1.29 is 23.4 Å². The number of methoxy groups -OCH3 is 1. The second-order valence-corrected chi connectivity index (χ2v) is 6.64. The molecule has 3 aromatic rings. The van der Waals surface area contributed by atoms with Crippen molar-refractivity contribution in [2.75, 3.05) is 7.11 Å². The predicted molar refractivity (Wildman–Crippen MR) is 100 cm³/mol. The van der Waals surface area contributed by atoms with Crippen LogP contribution in [0.15, 0.2) is 46.9 Å². The van der Waals surface area contributed by atoms with Crippen LogP contribution in [-0.4, -0.2) is 29.4 Å². The fraction of sp³-hybridized carbons (Fsp3) is 0.286. The SMILES string of the molecule is COc1ccc(-c2nnc(COC(=O)c3cccc4c3O[C@H](C)[C@@H]4C)o2)cc1. The molecule has 0 saturated carbocycles. The van der Waals surface area contributed by atoms with Crippen LogP contribution < -0.4 is 9.47 Å². The summed E-state index contributed by atoms with van der Waals surface area (Å²) in [7, 11) is 1.60. The highest BCUT2D eigenvalue weighted by Crippen LogP contribution is 2.40. The van der Waals surface area contributed by atoms with E-state index in [0.29, 0.717) is 17.2 Å². The molecule has 0 spiro atoms. The summed E-state index contributed by atoms with van der Waals surface area (Å²) in [6.07, 6.45) is 0.0203. The molecule has 0 N–H and O–H groups in total. The zero-order valence-corrected chi connectivity index (χ0v) is 15.8. The molecule has 28 heavy (non-hydrogen) atoms. The number of benzene rings is 2. The van der Waals surface area contributed by atoms with Gasteiger partial charge in [0.15, 0.2) is 6.61 Å². The van der Waals surface area contributed by atoms with Crippen molar-refractivity contribution in [3.8, 4) is 23.0 Å². The number of fused-ring (bicyclic) bond motifs is 1. The van der Waals surface area contributed by atoms with Crippen molar-refractivity contribution in [3.63, 3.8) is 0 Å². The minimum atomic E-state index is -0.484. The van der Waals surface area contributed by atoms with Gasteiger partial charge >= 0.3 is 5.97 Å². The first-order chi connectivity index (χ1) is 13.6. The highest BCUT2D eigenvalue weighted by molar-refractivity contribution is 5.93. The number of ether oxygens (including phenoxy) is 3. The lowest BCUT2D eigenvalue weighted by atomic mass is 9.97. The highest BCUT2D eigenvalue weighted by Gasteiger charge is 2.31. The van der Waals surface area contributed by atoms with Gasteiger partial charge in [0.05, 0.1) is 7.11 Å². The van der Waals surface area contributed by atoms with Gasteiger partial charge in [0.2, 0.25) is 5.89 Å². The Bertz CT molecular complexity index is 996. The van der Waals surface area contributed by atoms with Crippen LogP contribution in [-0.2, 0) is 11.3 Å². The van der Waals surface area contributed by atoms with E-state index >= 15 is 0 Å². The number of para-hydroxylation sites is 1. The summed E-state index contributed by atoms with van der Waals surface area (Å²) < 4.78 is 21.9. The Kier molecular flexibility index (Phi) is 4.73. The molecular weight excluding hydrogens is 360 g/mol.